The van der Waals surface area contributed by atoms with Crippen molar-refractivity contribution in [2.45, 2.75) is 6.92 Å². The Bertz CT molecular complexity index is 685. The average molecular weight is 275 g/mol. The van der Waals surface area contributed by atoms with Crippen molar-refractivity contribution in [2.24, 2.45) is 0 Å². The molecule has 20 heavy (non-hydrogen) atoms. The molecule has 5 nitrogen and oxygen atoms in total. The lowest BCUT2D eigenvalue weighted by Gasteiger charge is -2.09. The van der Waals surface area contributed by atoms with E-state index in [1.54, 1.807) is 6.92 Å². The second-order valence-corrected chi connectivity index (χ2v) is 4.12. The number of nitro benzene ring substituents is 1. The Morgan fingerprint density at radius 2 is 1.90 bits per heavy atom. The van der Waals surface area contributed by atoms with Gasteiger partial charge in [0.2, 0.25) is 0 Å². The minimum atomic E-state index is -0.674. The number of nitro groups is 1. The number of hydrogen-bond acceptors (Lipinski definition) is 4. The van der Waals surface area contributed by atoms with E-state index in [1.165, 1.54) is 30.3 Å². The van der Waals surface area contributed by atoms with Gasteiger partial charge in [-0.1, -0.05) is 0 Å². The number of halogens is 1. The normalized spacial score (nSPS) is 10.1. The zero-order chi connectivity index (χ0) is 14.7. The predicted octanol–water partition coefficient (Wildman–Crippen LogP) is 3.65. The van der Waals surface area contributed by atoms with Crippen molar-refractivity contribution >= 4 is 12.0 Å². The van der Waals surface area contributed by atoms with Crippen LogP contribution in [0.4, 0.5) is 10.1 Å². The summed E-state index contributed by atoms with van der Waals surface area (Å²) < 4.78 is 19.0. The largest absolute Gasteiger partial charge is 0.454 e. The maximum absolute atomic E-state index is 13.7. The van der Waals surface area contributed by atoms with E-state index in [-0.39, 0.29) is 17.0 Å². The van der Waals surface area contributed by atoms with Crippen LogP contribution in [0.3, 0.4) is 0 Å². The molecule has 0 N–H and O–H groups in total. The average Bonchev–Trinajstić information content (AvgIpc) is 2.42. The number of hydrogen-bond donors (Lipinski definition) is 0. The van der Waals surface area contributed by atoms with Crippen LogP contribution in [0.1, 0.15) is 15.9 Å². The van der Waals surface area contributed by atoms with E-state index < -0.39 is 10.7 Å². The molecule has 0 unspecified atom stereocenters. The molecule has 0 radical (unpaired) electrons. The number of carbonyl (C=O) groups excluding carboxylic acids is 1. The summed E-state index contributed by atoms with van der Waals surface area (Å²) in [6.07, 6.45) is 0.532. The monoisotopic (exact) mass is 275 g/mol. The first-order valence-corrected chi connectivity index (χ1v) is 5.69. The summed E-state index contributed by atoms with van der Waals surface area (Å²) in [5.41, 5.74) is 0.653. The molecule has 6 heteroatoms. The molecule has 0 amide bonds. The van der Waals surface area contributed by atoms with E-state index in [4.69, 9.17) is 4.74 Å². The van der Waals surface area contributed by atoms with Crippen molar-refractivity contribution in [2.75, 3.05) is 0 Å². The Morgan fingerprint density at radius 3 is 2.45 bits per heavy atom. The molecule has 2 aromatic carbocycles. The third-order valence-corrected chi connectivity index (χ3v) is 2.68. The molecule has 0 aliphatic heterocycles. The van der Waals surface area contributed by atoms with Crippen LogP contribution in [-0.2, 0) is 0 Å². The molecule has 0 bridgehead atoms. The lowest BCUT2D eigenvalue weighted by atomic mass is 10.2. The summed E-state index contributed by atoms with van der Waals surface area (Å²) in [7, 11) is 0. The van der Waals surface area contributed by atoms with E-state index in [0.717, 1.165) is 6.07 Å². The number of aldehydes is 1. The van der Waals surface area contributed by atoms with Gasteiger partial charge in [0.25, 0.3) is 5.69 Å². The second kappa shape index (κ2) is 5.48. The maximum atomic E-state index is 13.7. The Balaban J connectivity index is 2.30. The molecule has 0 heterocycles. The Kier molecular flexibility index (Phi) is 3.74. The quantitative estimate of drug-likeness (QED) is 0.485. The molecule has 102 valence electrons. The Morgan fingerprint density at radius 1 is 1.20 bits per heavy atom. The maximum Gasteiger partial charge on any atom is 0.269 e. The zero-order valence-electron chi connectivity index (χ0n) is 10.5. The summed E-state index contributed by atoms with van der Waals surface area (Å²) >= 11 is 0. The van der Waals surface area contributed by atoms with Gasteiger partial charge in [0.15, 0.2) is 11.6 Å². The van der Waals surface area contributed by atoms with Crippen LogP contribution in [0.25, 0.3) is 0 Å². The summed E-state index contributed by atoms with van der Waals surface area (Å²) in [6.45, 7) is 1.63. The molecule has 0 saturated carbocycles. The van der Waals surface area contributed by atoms with Gasteiger partial charge in [-0.05, 0) is 36.8 Å². The van der Waals surface area contributed by atoms with E-state index in [1.807, 2.05) is 0 Å². The molecule has 0 spiro atoms. The minimum Gasteiger partial charge on any atom is -0.454 e. The van der Waals surface area contributed by atoms with Crippen LogP contribution in [0, 0.1) is 22.9 Å². The zero-order valence-corrected chi connectivity index (χ0v) is 10.5. The molecular formula is C14H10FNO4. The van der Waals surface area contributed by atoms with Crippen LogP contribution in [-0.4, -0.2) is 11.2 Å². The Labute approximate surface area is 113 Å². The number of carbonyl (C=O) groups is 1. The van der Waals surface area contributed by atoms with Crippen LogP contribution in [0.2, 0.25) is 0 Å². The van der Waals surface area contributed by atoms with Gasteiger partial charge in [-0.2, -0.15) is 0 Å². The van der Waals surface area contributed by atoms with Crippen LogP contribution in [0.15, 0.2) is 36.4 Å². The van der Waals surface area contributed by atoms with Crippen molar-refractivity contribution in [1.29, 1.82) is 0 Å². The molecule has 0 atom stereocenters. The highest BCUT2D eigenvalue weighted by molar-refractivity contribution is 5.75. The van der Waals surface area contributed by atoms with Crippen LogP contribution in [0.5, 0.6) is 11.5 Å². The highest BCUT2D eigenvalue weighted by Gasteiger charge is 2.11. The highest BCUT2D eigenvalue weighted by Crippen LogP contribution is 2.29. The fourth-order valence-electron chi connectivity index (χ4n) is 1.65. The first-order chi connectivity index (χ1) is 9.51. The van der Waals surface area contributed by atoms with E-state index in [2.05, 4.69) is 0 Å². The standard InChI is InChI=1S/C14H10FNO4/c1-9-6-11(16(18)19)3-5-13(9)20-14-4-2-10(8-17)7-12(14)15/h2-8H,1H3. The summed E-state index contributed by atoms with van der Waals surface area (Å²) in [6, 6.07) is 7.84. The highest BCUT2D eigenvalue weighted by atomic mass is 19.1. The van der Waals surface area contributed by atoms with Crippen molar-refractivity contribution in [3.05, 3.63) is 63.5 Å². The van der Waals surface area contributed by atoms with Gasteiger partial charge in [0, 0.05) is 17.7 Å². The molecule has 0 aliphatic carbocycles. The van der Waals surface area contributed by atoms with Gasteiger partial charge >= 0.3 is 0 Å². The van der Waals surface area contributed by atoms with Gasteiger partial charge in [0.05, 0.1) is 4.92 Å². The van der Waals surface area contributed by atoms with Crippen LogP contribution >= 0.6 is 0 Å². The minimum absolute atomic E-state index is 0.0486. The molecule has 0 aliphatic rings. The van der Waals surface area contributed by atoms with E-state index >= 15 is 0 Å². The van der Waals surface area contributed by atoms with Crippen molar-refractivity contribution in [3.8, 4) is 11.5 Å². The molecule has 2 aromatic rings. The predicted molar refractivity (Wildman–Crippen MR) is 69.7 cm³/mol. The molecule has 0 aromatic heterocycles. The fraction of sp³-hybridized carbons (Fsp3) is 0.0714. The first kappa shape index (κ1) is 13.7. The number of benzene rings is 2. The summed E-state index contributed by atoms with van der Waals surface area (Å²) in [5.74, 6) is -0.409. The number of rotatable bonds is 4. The molecular weight excluding hydrogens is 265 g/mol. The van der Waals surface area contributed by atoms with E-state index in [9.17, 15) is 19.3 Å². The number of aryl methyl sites for hydroxylation is 1. The number of ether oxygens (including phenoxy) is 1. The summed E-state index contributed by atoms with van der Waals surface area (Å²) in [5, 5.41) is 10.6. The van der Waals surface area contributed by atoms with Crippen LogP contribution < -0.4 is 4.74 Å². The smallest absolute Gasteiger partial charge is 0.269 e. The van der Waals surface area contributed by atoms with Crippen molar-refractivity contribution < 1.29 is 18.8 Å². The topological polar surface area (TPSA) is 69.4 Å². The SMILES string of the molecule is Cc1cc([N+](=O)[O-])ccc1Oc1ccc(C=O)cc1F. The van der Waals surface area contributed by atoms with Gasteiger partial charge in [0.1, 0.15) is 12.0 Å². The lowest BCUT2D eigenvalue weighted by Crippen LogP contribution is -1.94. The van der Waals surface area contributed by atoms with Gasteiger partial charge in [-0.25, -0.2) is 4.39 Å². The Hall–Kier alpha value is -2.76. The molecule has 0 saturated heterocycles. The second-order valence-electron chi connectivity index (χ2n) is 4.12. The molecule has 0 fully saturated rings. The summed E-state index contributed by atoms with van der Waals surface area (Å²) in [4.78, 5) is 20.6. The van der Waals surface area contributed by atoms with Gasteiger partial charge in [-0.15, -0.1) is 0 Å². The fourth-order valence-corrected chi connectivity index (χ4v) is 1.65. The molecule has 2 rings (SSSR count). The van der Waals surface area contributed by atoms with Gasteiger partial charge in [-0.3, -0.25) is 14.9 Å². The van der Waals surface area contributed by atoms with Gasteiger partial charge < -0.3 is 4.74 Å². The number of non-ortho nitro benzene ring substituents is 1. The number of nitrogens with zero attached hydrogens (tertiary/aromatic N) is 1. The van der Waals surface area contributed by atoms with Crippen molar-refractivity contribution in [3.63, 3.8) is 0 Å². The first-order valence-electron chi connectivity index (χ1n) is 5.69. The van der Waals surface area contributed by atoms with Crippen molar-refractivity contribution in [1.82, 2.24) is 0 Å². The third-order valence-electron chi connectivity index (χ3n) is 2.68. The third kappa shape index (κ3) is 2.80. The van der Waals surface area contributed by atoms with E-state index in [0.29, 0.717) is 17.6 Å². The lowest BCUT2D eigenvalue weighted by molar-refractivity contribution is -0.384.